The summed E-state index contributed by atoms with van der Waals surface area (Å²) < 4.78 is 26.0. The number of halogens is 2. The molecule has 0 saturated heterocycles. The van der Waals surface area contributed by atoms with E-state index in [1.165, 1.54) is 37.3 Å². The minimum atomic E-state index is -1.03. The summed E-state index contributed by atoms with van der Waals surface area (Å²) in [6.07, 6.45) is 0. The van der Waals surface area contributed by atoms with Crippen LogP contribution in [0.2, 0.25) is 0 Å². The number of nitrogens with one attached hydrogen (secondary N) is 2. The monoisotopic (exact) mass is 321 g/mol. The molecule has 23 heavy (non-hydrogen) atoms. The topological polar surface area (TPSA) is 84.3 Å². The van der Waals surface area contributed by atoms with E-state index >= 15 is 0 Å². The largest absolute Gasteiger partial charge is 0.374 e. The zero-order valence-electron chi connectivity index (χ0n) is 12.0. The van der Waals surface area contributed by atoms with E-state index in [4.69, 9.17) is 0 Å². The first-order valence-electron chi connectivity index (χ1n) is 6.63. The van der Waals surface area contributed by atoms with Gasteiger partial charge in [0.1, 0.15) is 6.04 Å². The molecule has 0 fully saturated rings. The average molecular weight is 321 g/mol. The number of carbonyl (C=O) groups is 1. The molecule has 0 radical (unpaired) electrons. The van der Waals surface area contributed by atoms with Crippen molar-refractivity contribution in [1.29, 1.82) is 0 Å². The van der Waals surface area contributed by atoms with Crippen molar-refractivity contribution >= 4 is 23.0 Å². The van der Waals surface area contributed by atoms with Crippen LogP contribution in [0.25, 0.3) is 0 Å². The molecule has 1 unspecified atom stereocenters. The van der Waals surface area contributed by atoms with Crippen LogP contribution in [0.4, 0.5) is 25.8 Å². The van der Waals surface area contributed by atoms with Crippen LogP contribution < -0.4 is 10.6 Å². The molecule has 2 aromatic carbocycles. The molecule has 0 aliphatic carbocycles. The van der Waals surface area contributed by atoms with Gasteiger partial charge in [-0.2, -0.15) is 0 Å². The van der Waals surface area contributed by atoms with Crippen LogP contribution in [0, 0.1) is 21.7 Å². The number of amides is 1. The summed E-state index contributed by atoms with van der Waals surface area (Å²) in [6, 6.07) is 7.90. The van der Waals surface area contributed by atoms with E-state index < -0.39 is 28.5 Å². The molecule has 2 N–H and O–H groups in total. The molecule has 120 valence electrons. The number of nitro groups is 1. The molecule has 2 aromatic rings. The second-order valence-electron chi connectivity index (χ2n) is 4.79. The van der Waals surface area contributed by atoms with Gasteiger partial charge in [0.25, 0.3) is 5.69 Å². The smallest absolute Gasteiger partial charge is 0.271 e. The van der Waals surface area contributed by atoms with Crippen LogP contribution in [0.3, 0.4) is 0 Å². The number of non-ortho nitro benzene ring substituents is 1. The first-order chi connectivity index (χ1) is 10.9. The summed E-state index contributed by atoms with van der Waals surface area (Å²) in [5, 5.41) is 15.9. The highest BCUT2D eigenvalue weighted by atomic mass is 19.2. The SMILES string of the molecule is CC(Nc1ccc(F)c(F)c1)C(=O)Nc1cccc([N+](=O)[O-])c1. The maximum atomic E-state index is 13.1. The van der Waals surface area contributed by atoms with Gasteiger partial charge in [0.2, 0.25) is 5.91 Å². The van der Waals surface area contributed by atoms with Crippen molar-refractivity contribution in [1.82, 2.24) is 0 Å². The van der Waals surface area contributed by atoms with Crippen molar-refractivity contribution in [3.8, 4) is 0 Å². The Labute approximate surface area is 130 Å². The van der Waals surface area contributed by atoms with Gasteiger partial charge in [-0.05, 0) is 25.1 Å². The minimum Gasteiger partial charge on any atom is -0.374 e. The van der Waals surface area contributed by atoms with Gasteiger partial charge in [-0.15, -0.1) is 0 Å². The molecule has 0 spiro atoms. The van der Waals surface area contributed by atoms with Crippen molar-refractivity contribution in [2.75, 3.05) is 10.6 Å². The molecule has 0 heterocycles. The molecule has 1 amide bonds. The van der Waals surface area contributed by atoms with Gasteiger partial charge in [-0.3, -0.25) is 14.9 Å². The summed E-state index contributed by atoms with van der Waals surface area (Å²) in [4.78, 5) is 22.2. The van der Waals surface area contributed by atoms with Gasteiger partial charge in [-0.25, -0.2) is 8.78 Å². The highest BCUT2D eigenvalue weighted by molar-refractivity contribution is 5.96. The summed E-state index contributed by atoms with van der Waals surface area (Å²) >= 11 is 0. The zero-order chi connectivity index (χ0) is 17.0. The van der Waals surface area contributed by atoms with Gasteiger partial charge in [-0.1, -0.05) is 6.07 Å². The fourth-order valence-corrected chi connectivity index (χ4v) is 1.85. The lowest BCUT2D eigenvalue weighted by Gasteiger charge is -2.15. The first-order valence-corrected chi connectivity index (χ1v) is 6.63. The van der Waals surface area contributed by atoms with Crippen molar-refractivity contribution in [3.05, 3.63) is 64.2 Å². The number of benzene rings is 2. The van der Waals surface area contributed by atoms with E-state index in [2.05, 4.69) is 10.6 Å². The fourth-order valence-electron chi connectivity index (χ4n) is 1.85. The third kappa shape index (κ3) is 4.22. The molecular formula is C15H13F2N3O3. The normalized spacial score (nSPS) is 11.6. The molecule has 6 nitrogen and oxygen atoms in total. The van der Waals surface area contributed by atoms with Crippen LogP contribution in [-0.4, -0.2) is 16.9 Å². The average Bonchev–Trinajstić information content (AvgIpc) is 2.51. The summed E-state index contributed by atoms with van der Waals surface area (Å²) in [7, 11) is 0. The van der Waals surface area contributed by atoms with Crippen LogP contribution in [0.15, 0.2) is 42.5 Å². The number of anilines is 2. The maximum Gasteiger partial charge on any atom is 0.271 e. The Bertz CT molecular complexity index is 752. The number of rotatable bonds is 5. The second kappa shape index (κ2) is 6.82. The van der Waals surface area contributed by atoms with Crippen molar-refractivity contribution < 1.29 is 18.5 Å². The summed E-state index contributed by atoms with van der Waals surface area (Å²) in [5.74, 6) is -2.49. The van der Waals surface area contributed by atoms with Gasteiger partial charge >= 0.3 is 0 Å². The van der Waals surface area contributed by atoms with E-state index in [0.29, 0.717) is 0 Å². The third-order valence-corrected chi connectivity index (χ3v) is 3.02. The molecule has 0 saturated carbocycles. The molecular weight excluding hydrogens is 308 g/mol. The summed E-state index contributed by atoms with van der Waals surface area (Å²) in [5.41, 5.74) is 0.359. The maximum absolute atomic E-state index is 13.1. The fraction of sp³-hybridized carbons (Fsp3) is 0.133. The number of nitrogens with zero attached hydrogens (tertiary/aromatic N) is 1. The van der Waals surface area contributed by atoms with E-state index in [-0.39, 0.29) is 17.1 Å². The third-order valence-electron chi connectivity index (χ3n) is 3.02. The molecule has 2 rings (SSSR count). The standard InChI is InChI=1S/C15H13F2N3O3/c1-9(18-11-5-6-13(16)14(17)8-11)15(21)19-10-3-2-4-12(7-10)20(22)23/h2-9,18H,1H3,(H,19,21). The molecule has 0 aliphatic heterocycles. The lowest BCUT2D eigenvalue weighted by molar-refractivity contribution is -0.384. The predicted octanol–water partition coefficient (Wildman–Crippen LogP) is 3.31. The predicted molar refractivity (Wildman–Crippen MR) is 81.2 cm³/mol. The van der Waals surface area contributed by atoms with Crippen LogP contribution in [-0.2, 0) is 4.79 Å². The molecule has 0 aromatic heterocycles. The number of nitro benzene ring substituents is 1. The Kier molecular flexibility index (Phi) is 4.85. The first kappa shape index (κ1) is 16.3. The number of hydrogen-bond acceptors (Lipinski definition) is 4. The van der Waals surface area contributed by atoms with E-state index in [9.17, 15) is 23.7 Å². The lowest BCUT2D eigenvalue weighted by atomic mass is 10.2. The van der Waals surface area contributed by atoms with Gasteiger partial charge < -0.3 is 10.6 Å². The highest BCUT2D eigenvalue weighted by Gasteiger charge is 2.15. The van der Waals surface area contributed by atoms with Crippen LogP contribution in [0.1, 0.15) is 6.92 Å². The number of hydrogen-bond donors (Lipinski definition) is 2. The van der Waals surface area contributed by atoms with E-state index in [1.807, 2.05) is 0 Å². The molecule has 1 atom stereocenters. The van der Waals surface area contributed by atoms with Crippen LogP contribution in [0.5, 0.6) is 0 Å². The second-order valence-corrected chi connectivity index (χ2v) is 4.79. The summed E-state index contributed by atoms with van der Waals surface area (Å²) in [6.45, 7) is 1.52. The van der Waals surface area contributed by atoms with Crippen LogP contribution >= 0.6 is 0 Å². The van der Waals surface area contributed by atoms with Gasteiger partial charge in [0.05, 0.1) is 4.92 Å². The molecule has 0 bridgehead atoms. The van der Waals surface area contributed by atoms with Gasteiger partial charge in [0.15, 0.2) is 11.6 Å². The van der Waals surface area contributed by atoms with Crippen molar-refractivity contribution in [2.24, 2.45) is 0 Å². The van der Waals surface area contributed by atoms with Crippen molar-refractivity contribution in [2.45, 2.75) is 13.0 Å². The van der Waals surface area contributed by atoms with E-state index in [1.54, 1.807) is 0 Å². The Hall–Kier alpha value is -3.03. The minimum absolute atomic E-state index is 0.149. The van der Waals surface area contributed by atoms with Crippen molar-refractivity contribution in [3.63, 3.8) is 0 Å². The van der Waals surface area contributed by atoms with Gasteiger partial charge in [0, 0.05) is 29.6 Å². The lowest BCUT2D eigenvalue weighted by Crippen LogP contribution is -2.31. The molecule has 0 aliphatic rings. The Morgan fingerprint density at radius 1 is 1.13 bits per heavy atom. The van der Waals surface area contributed by atoms with E-state index in [0.717, 1.165) is 12.1 Å². The highest BCUT2D eigenvalue weighted by Crippen LogP contribution is 2.18. The Morgan fingerprint density at radius 2 is 1.87 bits per heavy atom. The Morgan fingerprint density at radius 3 is 2.52 bits per heavy atom. The quantitative estimate of drug-likeness (QED) is 0.653. The zero-order valence-corrected chi connectivity index (χ0v) is 12.0. The Balaban J connectivity index is 2.03. The number of carbonyl (C=O) groups excluding carboxylic acids is 1. The molecule has 8 heteroatoms.